The number of nitrogens with zero attached hydrogens (tertiary/aromatic N) is 4. The van der Waals surface area contributed by atoms with Gasteiger partial charge in [-0.25, -0.2) is 28.4 Å². The molecule has 10 heteroatoms. The van der Waals surface area contributed by atoms with E-state index in [-0.39, 0.29) is 18.7 Å². The van der Waals surface area contributed by atoms with Gasteiger partial charge in [-0.1, -0.05) is 84.4 Å². The number of benzene rings is 4. The second-order valence-corrected chi connectivity index (χ2v) is 12.3. The molecule has 1 aliphatic carbocycles. The molecule has 2 aliphatic heterocycles. The number of amides is 2. The van der Waals surface area contributed by atoms with E-state index < -0.39 is 46.5 Å². The Morgan fingerprint density at radius 2 is 1.43 bits per heavy atom. The van der Waals surface area contributed by atoms with Crippen LogP contribution in [0, 0.1) is 5.92 Å². The third-order valence-electron chi connectivity index (χ3n) is 9.67. The number of aromatic nitrogens is 3. The monoisotopic (exact) mass is 630 g/mol. The summed E-state index contributed by atoms with van der Waals surface area (Å²) < 4.78 is 4.00. The second-order valence-electron chi connectivity index (χ2n) is 11.9. The van der Waals surface area contributed by atoms with Gasteiger partial charge in [0.25, 0.3) is 0 Å². The predicted octanol–water partition coefficient (Wildman–Crippen LogP) is 4.96. The Morgan fingerprint density at radius 1 is 0.761 bits per heavy atom. The normalized spacial score (nSPS) is 23.5. The number of carbonyl (C=O) groups is 2. The number of halogens is 1. The minimum absolute atomic E-state index is 0.0541. The fraction of sp³-hybridized carbons (Fsp3) is 0.167. The molecule has 0 spiro atoms. The molecular formula is C36H27ClN4O5. The van der Waals surface area contributed by atoms with Crippen molar-refractivity contribution in [2.24, 2.45) is 5.92 Å². The van der Waals surface area contributed by atoms with Crippen LogP contribution in [0.5, 0.6) is 5.75 Å². The van der Waals surface area contributed by atoms with Crippen LogP contribution in [0.15, 0.2) is 130 Å². The lowest BCUT2D eigenvalue weighted by Crippen LogP contribution is -2.53. The van der Waals surface area contributed by atoms with Crippen LogP contribution in [0.2, 0.25) is 5.02 Å². The highest BCUT2D eigenvalue weighted by Gasteiger charge is 2.68. The summed E-state index contributed by atoms with van der Waals surface area (Å²) >= 11 is 6.35. The number of aromatic hydroxyl groups is 1. The van der Waals surface area contributed by atoms with E-state index >= 15 is 4.79 Å². The van der Waals surface area contributed by atoms with Gasteiger partial charge in [-0.15, -0.1) is 0 Å². The first-order valence-corrected chi connectivity index (χ1v) is 15.4. The number of fused-ring (bicyclic) bond motifs is 4. The van der Waals surface area contributed by atoms with Crippen molar-refractivity contribution >= 4 is 29.1 Å². The van der Waals surface area contributed by atoms with Crippen molar-refractivity contribution in [1.82, 2.24) is 13.9 Å². The highest BCUT2D eigenvalue weighted by atomic mass is 35.5. The fourth-order valence-corrected chi connectivity index (χ4v) is 8.03. The number of rotatable bonds is 4. The van der Waals surface area contributed by atoms with Crippen LogP contribution in [0.1, 0.15) is 29.5 Å². The maximum atomic E-state index is 15.1. The summed E-state index contributed by atoms with van der Waals surface area (Å²) in [5, 5.41) is 10.6. The first-order chi connectivity index (χ1) is 22.3. The average Bonchev–Trinajstić information content (AvgIpc) is 3.46. The quantitative estimate of drug-likeness (QED) is 0.223. The molecule has 2 amide bonds. The lowest BCUT2D eigenvalue weighted by molar-refractivity contribution is -0.124. The first kappa shape index (κ1) is 28.1. The Labute approximate surface area is 267 Å². The van der Waals surface area contributed by atoms with Crippen molar-refractivity contribution in [3.8, 4) is 11.4 Å². The summed E-state index contributed by atoms with van der Waals surface area (Å²) in [7, 11) is 0. The summed E-state index contributed by atoms with van der Waals surface area (Å²) in [4.78, 5) is 58.9. The summed E-state index contributed by atoms with van der Waals surface area (Å²) in [5.74, 6) is -2.37. The van der Waals surface area contributed by atoms with Gasteiger partial charge in [0.05, 0.1) is 35.3 Å². The summed E-state index contributed by atoms with van der Waals surface area (Å²) in [6, 6.07) is 30.6. The van der Waals surface area contributed by atoms with Gasteiger partial charge in [0.2, 0.25) is 11.8 Å². The van der Waals surface area contributed by atoms with E-state index in [0.29, 0.717) is 27.5 Å². The second kappa shape index (κ2) is 10.3. The highest BCUT2D eigenvalue weighted by Crippen LogP contribution is 2.62. The van der Waals surface area contributed by atoms with Crippen LogP contribution in [-0.4, -0.2) is 30.9 Å². The minimum atomic E-state index is -1.39. The summed E-state index contributed by atoms with van der Waals surface area (Å²) in [5.41, 5.74) is 0.519. The lowest BCUT2D eigenvalue weighted by Gasteiger charge is -2.49. The molecular weight excluding hydrogens is 604 g/mol. The van der Waals surface area contributed by atoms with Gasteiger partial charge < -0.3 is 5.11 Å². The highest BCUT2D eigenvalue weighted by molar-refractivity contribution is 6.32. The smallest absolute Gasteiger partial charge is 0.352 e. The Bertz CT molecular complexity index is 2190. The van der Waals surface area contributed by atoms with Crippen molar-refractivity contribution in [2.45, 2.75) is 30.3 Å². The molecule has 1 aromatic heterocycles. The number of hydrogen-bond acceptors (Lipinski definition) is 5. The third kappa shape index (κ3) is 3.81. The van der Waals surface area contributed by atoms with E-state index in [1.54, 1.807) is 72.8 Å². The molecule has 4 unspecified atom stereocenters. The number of phenols is 1. The average molecular weight is 631 g/mol. The molecule has 4 aromatic carbocycles. The predicted molar refractivity (Wildman–Crippen MR) is 172 cm³/mol. The van der Waals surface area contributed by atoms with E-state index in [0.717, 1.165) is 10.1 Å². The van der Waals surface area contributed by atoms with Crippen molar-refractivity contribution in [3.63, 3.8) is 0 Å². The zero-order valence-electron chi connectivity index (χ0n) is 24.4. The Hall–Kier alpha value is -5.41. The van der Waals surface area contributed by atoms with Gasteiger partial charge in [-0.2, -0.15) is 0 Å². The maximum Gasteiger partial charge on any atom is 0.352 e. The van der Waals surface area contributed by atoms with Crippen molar-refractivity contribution < 1.29 is 14.7 Å². The molecule has 9 nitrogen and oxygen atoms in total. The molecule has 228 valence electrons. The van der Waals surface area contributed by atoms with Crippen LogP contribution in [0.25, 0.3) is 5.69 Å². The Balaban J connectivity index is 1.41. The van der Waals surface area contributed by atoms with E-state index in [1.807, 2.05) is 42.5 Å². The number of hydrogen-bond donors (Lipinski definition) is 1. The zero-order valence-corrected chi connectivity index (χ0v) is 25.1. The maximum absolute atomic E-state index is 15.1. The minimum Gasteiger partial charge on any atom is -0.508 e. The fourth-order valence-electron chi connectivity index (χ4n) is 7.85. The molecule has 0 radical (unpaired) electrons. The van der Waals surface area contributed by atoms with E-state index in [9.17, 15) is 19.5 Å². The standard InChI is InChI=1S/C36H27ClN4O5/c37-24-10-7-13-26(20-24)39-32(43)29-21-30-28(18-19-38-34(45)40(35(46)41(30)38)25-11-5-2-6-12-25)31(22-14-16-27(42)17-15-22)36(29,33(39)44)23-8-3-1-4-9-23/h1-18,20,29-31,42H,19,21H2. The molecule has 2 fully saturated rings. The number of anilines is 1. The zero-order chi connectivity index (χ0) is 31.7. The molecule has 8 rings (SSSR count). The molecule has 1 N–H and O–H groups in total. The van der Waals surface area contributed by atoms with Gasteiger partial charge in [0.15, 0.2) is 0 Å². The Morgan fingerprint density at radius 3 is 2.13 bits per heavy atom. The molecule has 3 aliphatic rings. The number of carbonyl (C=O) groups excluding carboxylic acids is 2. The first-order valence-electron chi connectivity index (χ1n) is 15.0. The third-order valence-corrected chi connectivity index (χ3v) is 9.91. The van der Waals surface area contributed by atoms with E-state index in [1.165, 1.54) is 14.3 Å². The summed E-state index contributed by atoms with van der Waals surface area (Å²) in [6.07, 6.45) is 2.02. The van der Waals surface area contributed by atoms with Crippen LogP contribution in [0.4, 0.5) is 5.69 Å². The Kier molecular flexibility index (Phi) is 6.30. The SMILES string of the molecule is O=C1C2CC3C(=CCn4c(=O)n(-c5ccccc5)c(=O)n43)C(c3ccc(O)cc3)C2(c2ccccc2)C(=O)N1c1cccc(Cl)c1. The van der Waals surface area contributed by atoms with Gasteiger partial charge in [-0.3, -0.25) is 9.59 Å². The molecule has 1 saturated heterocycles. The molecule has 1 saturated carbocycles. The molecule has 46 heavy (non-hydrogen) atoms. The van der Waals surface area contributed by atoms with Gasteiger partial charge in [-0.05, 0) is 65.6 Å². The summed E-state index contributed by atoms with van der Waals surface area (Å²) in [6.45, 7) is 0.101. The van der Waals surface area contributed by atoms with Crippen LogP contribution in [0.3, 0.4) is 0 Å². The van der Waals surface area contributed by atoms with Crippen molar-refractivity contribution in [2.75, 3.05) is 4.90 Å². The molecule has 0 bridgehead atoms. The number of phenolic OH excluding ortho intramolecular Hbond substituents is 1. The molecule has 5 aromatic rings. The lowest BCUT2D eigenvalue weighted by atomic mass is 9.53. The van der Waals surface area contributed by atoms with Crippen molar-refractivity contribution in [1.29, 1.82) is 0 Å². The van der Waals surface area contributed by atoms with Crippen LogP contribution >= 0.6 is 11.6 Å². The van der Waals surface area contributed by atoms with Gasteiger partial charge >= 0.3 is 11.4 Å². The largest absolute Gasteiger partial charge is 0.508 e. The van der Waals surface area contributed by atoms with Crippen LogP contribution in [-0.2, 0) is 21.5 Å². The topological polar surface area (TPSA) is 107 Å². The van der Waals surface area contributed by atoms with Crippen molar-refractivity contribution in [3.05, 3.63) is 158 Å². The van der Waals surface area contributed by atoms with E-state index in [2.05, 4.69) is 0 Å². The molecule has 3 heterocycles. The van der Waals surface area contributed by atoms with Gasteiger partial charge in [0, 0.05) is 10.9 Å². The van der Waals surface area contributed by atoms with Crippen LogP contribution < -0.4 is 16.3 Å². The number of allylic oxidation sites excluding steroid dienone is 2. The molecule has 4 atom stereocenters. The number of imide groups is 1. The van der Waals surface area contributed by atoms with E-state index in [4.69, 9.17) is 11.6 Å². The number of para-hydroxylation sites is 1. The van der Waals surface area contributed by atoms with Gasteiger partial charge in [0.1, 0.15) is 5.75 Å².